The summed E-state index contributed by atoms with van der Waals surface area (Å²) in [6.45, 7) is 28.5. The molecule has 2 aromatic carbocycles. The second-order valence-electron chi connectivity index (χ2n) is 13.3. The van der Waals surface area contributed by atoms with E-state index in [0.717, 1.165) is 22.6 Å². The van der Waals surface area contributed by atoms with Crippen LogP contribution in [0, 0.1) is 0 Å². The van der Waals surface area contributed by atoms with Gasteiger partial charge in [0.25, 0.3) is 0 Å². The van der Waals surface area contributed by atoms with Crippen LogP contribution in [0.25, 0.3) is 0 Å². The van der Waals surface area contributed by atoms with Crippen LogP contribution in [-0.4, -0.2) is 47.7 Å². The van der Waals surface area contributed by atoms with Gasteiger partial charge in [-0.3, -0.25) is 9.59 Å². The summed E-state index contributed by atoms with van der Waals surface area (Å²) in [5.74, 6) is 1.22. The van der Waals surface area contributed by atoms with Crippen molar-refractivity contribution in [3.63, 3.8) is 0 Å². The van der Waals surface area contributed by atoms with Crippen molar-refractivity contribution in [2.75, 3.05) is 13.2 Å². The minimum absolute atomic E-state index is 0.116. The van der Waals surface area contributed by atoms with Crippen molar-refractivity contribution in [2.24, 2.45) is 0 Å². The van der Waals surface area contributed by atoms with Crippen molar-refractivity contribution in [3.05, 3.63) is 84.0 Å². The van der Waals surface area contributed by atoms with Gasteiger partial charge in [0.1, 0.15) is 34.4 Å². The fourth-order valence-electron chi connectivity index (χ4n) is 4.51. The van der Waals surface area contributed by atoms with Crippen LogP contribution in [0.1, 0.15) is 87.3 Å². The lowest BCUT2D eigenvalue weighted by Crippen LogP contribution is -2.42. The second-order valence-corrected chi connectivity index (χ2v) is 13.3. The third-order valence-corrected chi connectivity index (χ3v) is 7.21. The molecular weight excluding hydrogens is 528 g/mol. The highest BCUT2D eigenvalue weighted by Crippen LogP contribution is 2.34. The number of rotatable bonds is 16. The molecule has 0 spiro atoms. The van der Waals surface area contributed by atoms with Crippen LogP contribution < -0.4 is 9.47 Å². The number of carbonyl (C=O) groups is 2. The average molecular weight is 579 g/mol. The molecular formula is C36H50O6. The highest BCUT2D eigenvalue weighted by Gasteiger charge is 2.33. The van der Waals surface area contributed by atoms with E-state index in [1.807, 2.05) is 45.0 Å². The topological polar surface area (TPSA) is 71.1 Å². The molecule has 1 unspecified atom stereocenters. The summed E-state index contributed by atoms with van der Waals surface area (Å²) in [7, 11) is 0. The molecule has 0 saturated carbocycles. The summed E-state index contributed by atoms with van der Waals surface area (Å²) in [6, 6.07) is 16.1. The molecule has 0 aliphatic rings. The van der Waals surface area contributed by atoms with E-state index in [1.165, 1.54) is 0 Å². The van der Waals surface area contributed by atoms with E-state index >= 15 is 0 Å². The standard InChI is InChI=1S/C36H50O6/c1-24(2)31(37)35(10,11)39-22-26(5)41-29-18-14-27(15-19-29)34(8,9)28-16-20-30(21-17-28)42-33(6,7)23-40-36(12,13)32(38)25(3)4/h14-21,26H,1,3,22-23H2,2,4-13H3. The first-order chi connectivity index (χ1) is 19.2. The molecule has 0 bridgehead atoms. The van der Waals surface area contributed by atoms with Crippen LogP contribution in [0.3, 0.4) is 0 Å². The highest BCUT2D eigenvalue weighted by atomic mass is 16.6. The van der Waals surface area contributed by atoms with Crippen molar-refractivity contribution < 1.29 is 28.5 Å². The van der Waals surface area contributed by atoms with Crippen LogP contribution in [0.15, 0.2) is 72.8 Å². The largest absolute Gasteiger partial charge is 0.488 e. The van der Waals surface area contributed by atoms with E-state index in [9.17, 15) is 9.59 Å². The Morgan fingerprint density at radius 1 is 0.690 bits per heavy atom. The Labute approximate surface area is 253 Å². The molecule has 230 valence electrons. The van der Waals surface area contributed by atoms with Crippen molar-refractivity contribution in [2.45, 2.75) is 104 Å². The zero-order chi connectivity index (χ0) is 32.1. The summed E-state index contributed by atoms with van der Waals surface area (Å²) in [5.41, 5.74) is 0.409. The van der Waals surface area contributed by atoms with Gasteiger partial charge in [0.15, 0.2) is 11.6 Å². The Balaban J connectivity index is 2.01. The van der Waals surface area contributed by atoms with Crippen LogP contribution in [0.4, 0.5) is 0 Å². The van der Waals surface area contributed by atoms with Gasteiger partial charge in [0, 0.05) is 5.41 Å². The summed E-state index contributed by atoms with van der Waals surface area (Å²) in [5, 5.41) is 0. The van der Waals surface area contributed by atoms with Gasteiger partial charge in [-0.1, -0.05) is 51.3 Å². The Bertz CT molecular complexity index is 1260. The highest BCUT2D eigenvalue weighted by molar-refractivity contribution is 6.00. The first-order valence-electron chi connectivity index (χ1n) is 14.4. The second kappa shape index (κ2) is 13.4. The summed E-state index contributed by atoms with van der Waals surface area (Å²) in [6.07, 6.45) is -0.235. The Hall–Kier alpha value is -3.22. The van der Waals surface area contributed by atoms with E-state index in [4.69, 9.17) is 18.9 Å². The summed E-state index contributed by atoms with van der Waals surface area (Å²) < 4.78 is 24.0. The molecule has 6 heteroatoms. The predicted octanol–water partition coefficient (Wildman–Crippen LogP) is 7.82. The fraction of sp³-hybridized carbons (Fsp3) is 0.500. The molecule has 0 amide bonds. The van der Waals surface area contributed by atoms with Crippen molar-refractivity contribution >= 4 is 11.6 Å². The van der Waals surface area contributed by atoms with Crippen LogP contribution in [-0.2, 0) is 24.5 Å². The van der Waals surface area contributed by atoms with E-state index in [2.05, 4.69) is 51.3 Å². The molecule has 2 rings (SSSR count). The quantitative estimate of drug-likeness (QED) is 0.189. The first kappa shape index (κ1) is 35.0. The van der Waals surface area contributed by atoms with E-state index < -0.39 is 16.8 Å². The molecule has 0 N–H and O–H groups in total. The maximum Gasteiger partial charge on any atom is 0.189 e. The molecule has 0 aliphatic heterocycles. The number of hydrogen-bond acceptors (Lipinski definition) is 6. The van der Waals surface area contributed by atoms with Crippen molar-refractivity contribution in [3.8, 4) is 11.5 Å². The smallest absolute Gasteiger partial charge is 0.189 e. The normalized spacial score (nSPS) is 13.3. The molecule has 6 nitrogen and oxygen atoms in total. The van der Waals surface area contributed by atoms with Crippen molar-refractivity contribution in [1.29, 1.82) is 0 Å². The van der Waals surface area contributed by atoms with Gasteiger partial charge < -0.3 is 18.9 Å². The summed E-state index contributed by atoms with van der Waals surface area (Å²) >= 11 is 0. The molecule has 0 aromatic heterocycles. The lowest BCUT2D eigenvalue weighted by molar-refractivity contribution is -0.142. The molecule has 42 heavy (non-hydrogen) atoms. The minimum Gasteiger partial charge on any atom is -0.488 e. The number of ether oxygens (including phenoxy) is 4. The van der Waals surface area contributed by atoms with Crippen LogP contribution in [0.2, 0.25) is 0 Å². The SMILES string of the molecule is C=C(C)C(=O)C(C)(C)OCC(C)Oc1ccc(C(C)(C)c2ccc(OC(C)(C)COC(C)(C)C(=O)C(=C)C)cc2)cc1. The third kappa shape index (κ3) is 9.40. The van der Waals surface area contributed by atoms with Gasteiger partial charge in [0.05, 0.1) is 13.2 Å². The van der Waals surface area contributed by atoms with Crippen molar-refractivity contribution in [1.82, 2.24) is 0 Å². The summed E-state index contributed by atoms with van der Waals surface area (Å²) in [4.78, 5) is 24.6. The Kier molecular flexibility index (Phi) is 11.2. The predicted molar refractivity (Wildman–Crippen MR) is 170 cm³/mol. The zero-order valence-electron chi connectivity index (χ0n) is 27.5. The third-order valence-electron chi connectivity index (χ3n) is 7.21. The Morgan fingerprint density at radius 3 is 1.52 bits per heavy atom. The van der Waals surface area contributed by atoms with Gasteiger partial charge in [-0.15, -0.1) is 0 Å². The first-order valence-corrected chi connectivity index (χ1v) is 14.4. The zero-order valence-corrected chi connectivity index (χ0v) is 27.5. The molecule has 0 saturated heterocycles. The van der Waals surface area contributed by atoms with E-state index in [0.29, 0.717) is 11.1 Å². The van der Waals surface area contributed by atoms with Gasteiger partial charge in [-0.05, 0) is 109 Å². The van der Waals surface area contributed by atoms with Gasteiger partial charge in [0.2, 0.25) is 0 Å². The van der Waals surface area contributed by atoms with Crippen LogP contribution >= 0.6 is 0 Å². The number of carbonyl (C=O) groups excluding carboxylic acids is 2. The molecule has 0 aliphatic carbocycles. The molecule has 0 fully saturated rings. The monoisotopic (exact) mass is 578 g/mol. The van der Waals surface area contributed by atoms with Gasteiger partial charge in [-0.2, -0.15) is 0 Å². The Morgan fingerprint density at radius 2 is 1.10 bits per heavy atom. The molecule has 0 heterocycles. The fourth-order valence-corrected chi connectivity index (χ4v) is 4.51. The maximum atomic E-state index is 12.4. The number of benzene rings is 2. The van der Waals surface area contributed by atoms with Gasteiger partial charge >= 0.3 is 0 Å². The van der Waals surface area contributed by atoms with Crippen LogP contribution in [0.5, 0.6) is 11.5 Å². The molecule has 1 atom stereocenters. The lowest BCUT2D eigenvalue weighted by atomic mass is 9.78. The number of Topliss-reactive ketones (excluding diaryl/α,β-unsaturated/α-hetero) is 2. The lowest BCUT2D eigenvalue weighted by Gasteiger charge is -2.32. The maximum absolute atomic E-state index is 12.4. The average Bonchev–Trinajstić information content (AvgIpc) is 2.90. The minimum atomic E-state index is -0.964. The number of hydrogen-bond donors (Lipinski definition) is 0. The van der Waals surface area contributed by atoms with E-state index in [-0.39, 0.29) is 36.3 Å². The molecule has 0 radical (unpaired) electrons. The van der Waals surface area contributed by atoms with E-state index in [1.54, 1.807) is 41.5 Å². The van der Waals surface area contributed by atoms with Gasteiger partial charge in [-0.25, -0.2) is 0 Å². The molecule has 2 aromatic rings. The number of ketones is 2.